The van der Waals surface area contributed by atoms with Crippen molar-refractivity contribution in [2.75, 3.05) is 27.8 Å². The van der Waals surface area contributed by atoms with Gasteiger partial charge in [0, 0.05) is 38.3 Å². The van der Waals surface area contributed by atoms with Crippen LogP contribution in [0, 0.1) is 0 Å². The summed E-state index contributed by atoms with van der Waals surface area (Å²) in [6, 6.07) is 5.82. The van der Waals surface area contributed by atoms with Gasteiger partial charge in [-0.3, -0.25) is 0 Å². The Bertz CT molecular complexity index is 728. The summed E-state index contributed by atoms with van der Waals surface area (Å²) in [5, 5.41) is 11.4. The highest BCUT2D eigenvalue weighted by Crippen LogP contribution is 2.25. The Labute approximate surface area is 154 Å². The fourth-order valence-electron chi connectivity index (χ4n) is 2.59. The first-order valence-corrected chi connectivity index (χ1v) is 8.69. The zero-order valence-electron chi connectivity index (χ0n) is 16.2. The lowest BCUT2D eigenvalue weighted by Gasteiger charge is -2.23. The van der Waals surface area contributed by atoms with Gasteiger partial charge >= 0.3 is 0 Å². The highest BCUT2D eigenvalue weighted by atomic mass is 16.5. The third kappa shape index (κ3) is 4.87. The molecule has 0 aliphatic rings. The Balaban J connectivity index is 2.15. The number of benzene rings is 1. The summed E-state index contributed by atoms with van der Waals surface area (Å²) in [5.41, 5.74) is 1.05. The van der Waals surface area contributed by atoms with Crippen molar-refractivity contribution in [1.29, 1.82) is 0 Å². The molecule has 8 heteroatoms. The summed E-state index contributed by atoms with van der Waals surface area (Å²) in [7, 11) is 5.30. The predicted octanol–water partition coefficient (Wildman–Crippen LogP) is 1.91. The molecular formula is C18H28N6O2. The van der Waals surface area contributed by atoms with Crippen LogP contribution < -0.4 is 14.8 Å². The molecule has 0 aliphatic heterocycles. The topological polar surface area (TPSA) is 76.8 Å². The first-order valence-electron chi connectivity index (χ1n) is 8.69. The molecule has 1 N–H and O–H groups in total. The summed E-state index contributed by atoms with van der Waals surface area (Å²) >= 11 is 0. The SMILES string of the molecule is CCNC(=NCc1nncn1CC)N(C)Cc1ccc(OC)cc1OC. The largest absolute Gasteiger partial charge is 0.497 e. The Morgan fingerprint density at radius 1 is 1.27 bits per heavy atom. The molecule has 0 amide bonds. The minimum atomic E-state index is 0.472. The Kier molecular flexibility index (Phi) is 7.25. The van der Waals surface area contributed by atoms with Crippen molar-refractivity contribution in [2.24, 2.45) is 4.99 Å². The average molecular weight is 360 g/mol. The number of rotatable bonds is 8. The summed E-state index contributed by atoms with van der Waals surface area (Å²) in [6.07, 6.45) is 1.73. The maximum Gasteiger partial charge on any atom is 0.194 e. The Morgan fingerprint density at radius 2 is 2.08 bits per heavy atom. The number of methoxy groups -OCH3 is 2. The van der Waals surface area contributed by atoms with E-state index < -0.39 is 0 Å². The van der Waals surface area contributed by atoms with Gasteiger partial charge in [0.05, 0.1) is 14.2 Å². The minimum Gasteiger partial charge on any atom is -0.497 e. The van der Waals surface area contributed by atoms with E-state index in [9.17, 15) is 0 Å². The number of ether oxygens (including phenoxy) is 2. The van der Waals surface area contributed by atoms with E-state index in [0.29, 0.717) is 13.1 Å². The molecular weight excluding hydrogens is 332 g/mol. The van der Waals surface area contributed by atoms with E-state index in [2.05, 4.69) is 27.3 Å². The molecule has 0 bridgehead atoms. The average Bonchev–Trinajstić information content (AvgIpc) is 3.12. The van der Waals surface area contributed by atoms with E-state index in [-0.39, 0.29) is 0 Å². The van der Waals surface area contributed by atoms with Crippen molar-refractivity contribution in [3.05, 3.63) is 35.9 Å². The van der Waals surface area contributed by atoms with Gasteiger partial charge in [-0.25, -0.2) is 4.99 Å². The van der Waals surface area contributed by atoms with Crippen LogP contribution in [0.15, 0.2) is 29.5 Å². The van der Waals surface area contributed by atoms with E-state index >= 15 is 0 Å². The lowest BCUT2D eigenvalue weighted by molar-refractivity contribution is 0.382. The summed E-state index contributed by atoms with van der Waals surface area (Å²) in [5.74, 6) is 3.21. The number of hydrogen-bond donors (Lipinski definition) is 1. The summed E-state index contributed by atoms with van der Waals surface area (Å²) in [6.45, 7) is 6.84. The van der Waals surface area contributed by atoms with Crippen LogP contribution in [0.4, 0.5) is 0 Å². The van der Waals surface area contributed by atoms with Crippen LogP contribution >= 0.6 is 0 Å². The van der Waals surface area contributed by atoms with Crippen LogP contribution in [0.5, 0.6) is 11.5 Å². The molecule has 0 unspecified atom stereocenters. The van der Waals surface area contributed by atoms with Crippen molar-refractivity contribution in [1.82, 2.24) is 25.0 Å². The van der Waals surface area contributed by atoms with E-state index in [1.807, 2.05) is 36.7 Å². The number of aliphatic imine (C=N–C) groups is 1. The number of hydrogen-bond acceptors (Lipinski definition) is 5. The molecule has 0 spiro atoms. The molecule has 0 atom stereocenters. The van der Waals surface area contributed by atoms with E-state index in [1.165, 1.54) is 0 Å². The highest BCUT2D eigenvalue weighted by Gasteiger charge is 2.12. The molecule has 0 aliphatic carbocycles. The van der Waals surface area contributed by atoms with E-state index in [0.717, 1.165) is 41.9 Å². The Morgan fingerprint density at radius 3 is 2.73 bits per heavy atom. The Hall–Kier alpha value is -2.77. The van der Waals surface area contributed by atoms with Gasteiger partial charge in [0.2, 0.25) is 0 Å². The number of nitrogens with zero attached hydrogens (tertiary/aromatic N) is 5. The zero-order valence-corrected chi connectivity index (χ0v) is 16.2. The molecule has 0 fully saturated rings. The molecule has 1 aromatic carbocycles. The van der Waals surface area contributed by atoms with Crippen molar-refractivity contribution in [2.45, 2.75) is 33.5 Å². The fraction of sp³-hybridized carbons (Fsp3) is 0.500. The minimum absolute atomic E-state index is 0.472. The molecule has 2 aromatic rings. The second-order valence-corrected chi connectivity index (χ2v) is 5.74. The van der Waals surface area contributed by atoms with Gasteiger partial charge in [0.15, 0.2) is 11.8 Å². The summed E-state index contributed by atoms with van der Waals surface area (Å²) < 4.78 is 12.7. The van der Waals surface area contributed by atoms with Gasteiger partial charge in [-0.1, -0.05) is 0 Å². The maximum atomic E-state index is 5.49. The van der Waals surface area contributed by atoms with Crippen molar-refractivity contribution in [3.8, 4) is 11.5 Å². The van der Waals surface area contributed by atoms with Crippen molar-refractivity contribution < 1.29 is 9.47 Å². The van der Waals surface area contributed by atoms with Crippen LogP contribution in [0.3, 0.4) is 0 Å². The fourth-order valence-corrected chi connectivity index (χ4v) is 2.59. The van der Waals surface area contributed by atoms with Crippen molar-refractivity contribution in [3.63, 3.8) is 0 Å². The monoisotopic (exact) mass is 360 g/mol. The second-order valence-electron chi connectivity index (χ2n) is 5.74. The molecule has 142 valence electrons. The van der Waals surface area contributed by atoms with Gasteiger partial charge in [-0.2, -0.15) is 0 Å². The highest BCUT2D eigenvalue weighted by molar-refractivity contribution is 5.79. The van der Waals surface area contributed by atoms with Gasteiger partial charge in [0.1, 0.15) is 24.4 Å². The number of aromatic nitrogens is 3. The van der Waals surface area contributed by atoms with E-state index in [1.54, 1.807) is 20.5 Å². The van der Waals surface area contributed by atoms with Crippen LogP contribution in [0.2, 0.25) is 0 Å². The molecule has 1 aromatic heterocycles. The zero-order chi connectivity index (χ0) is 18.9. The summed E-state index contributed by atoms with van der Waals surface area (Å²) in [4.78, 5) is 6.75. The third-order valence-corrected chi connectivity index (χ3v) is 4.00. The molecule has 1 heterocycles. The molecule has 2 rings (SSSR count). The quantitative estimate of drug-likeness (QED) is 0.572. The first kappa shape index (κ1) is 19.6. The van der Waals surface area contributed by atoms with Gasteiger partial charge in [-0.05, 0) is 26.0 Å². The van der Waals surface area contributed by atoms with Crippen LogP contribution in [0.25, 0.3) is 0 Å². The molecule has 26 heavy (non-hydrogen) atoms. The van der Waals surface area contributed by atoms with Crippen LogP contribution in [0.1, 0.15) is 25.2 Å². The third-order valence-electron chi connectivity index (χ3n) is 4.00. The van der Waals surface area contributed by atoms with Crippen molar-refractivity contribution >= 4 is 5.96 Å². The predicted molar refractivity (Wildman–Crippen MR) is 102 cm³/mol. The molecule has 0 radical (unpaired) electrons. The molecule has 0 saturated heterocycles. The van der Waals surface area contributed by atoms with E-state index in [4.69, 9.17) is 14.5 Å². The second kappa shape index (κ2) is 9.65. The molecule has 8 nitrogen and oxygen atoms in total. The lowest BCUT2D eigenvalue weighted by Crippen LogP contribution is -2.38. The van der Waals surface area contributed by atoms with Gasteiger partial charge in [0.25, 0.3) is 0 Å². The van der Waals surface area contributed by atoms with Gasteiger partial charge in [-0.15, -0.1) is 10.2 Å². The van der Waals surface area contributed by atoms with Gasteiger partial charge < -0.3 is 24.3 Å². The molecule has 0 saturated carbocycles. The smallest absolute Gasteiger partial charge is 0.194 e. The maximum absolute atomic E-state index is 5.49. The standard InChI is InChI=1S/C18H28N6O2/c1-6-19-18(20-11-17-22-21-13-24(17)7-2)23(3)12-14-8-9-15(25-4)10-16(14)26-5/h8-10,13H,6-7,11-12H2,1-5H3,(H,19,20). The van der Waals surface area contributed by atoms with Crippen LogP contribution in [-0.2, 0) is 19.6 Å². The number of guanidine groups is 1. The lowest BCUT2D eigenvalue weighted by atomic mass is 10.2. The number of nitrogens with one attached hydrogen (secondary N) is 1. The first-order chi connectivity index (χ1) is 12.6. The van der Waals surface area contributed by atoms with Crippen LogP contribution in [-0.4, -0.2) is 53.4 Å². The number of aryl methyl sites for hydroxylation is 1. The normalized spacial score (nSPS) is 11.3.